The van der Waals surface area contributed by atoms with Crippen LogP contribution in [0, 0.1) is 11.3 Å². The van der Waals surface area contributed by atoms with Crippen LogP contribution in [-0.2, 0) is 0 Å². The van der Waals surface area contributed by atoms with E-state index >= 15 is 0 Å². The molecular weight excluding hydrogens is 317 g/mol. The van der Waals surface area contributed by atoms with Crippen LogP contribution < -0.4 is 5.32 Å². The number of carbonyl (C=O) groups is 1. The monoisotopic (exact) mass is 329 g/mol. The number of anilines is 1. The molecule has 1 aliphatic heterocycles. The van der Waals surface area contributed by atoms with Crippen molar-refractivity contribution in [2.45, 2.75) is 24.8 Å². The second kappa shape index (κ2) is 5.72. The van der Waals surface area contributed by atoms with E-state index in [-0.39, 0.29) is 6.03 Å². The molecule has 4 nitrogen and oxygen atoms in total. The van der Waals surface area contributed by atoms with Gasteiger partial charge in [0.25, 0.3) is 0 Å². The molecule has 0 spiro atoms. The molecule has 1 unspecified atom stereocenters. The first-order valence-electron chi connectivity index (χ1n) is 5.94. The smallest absolute Gasteiger partial charge is 0.308 e. The van der Waals surface area contributed by atoms with Gasteiger partial charge in [0.1, 0.15) is 6.04 Å². The van der Waals surface area contributed by atoms with Crippen LogP contribution in [0.4, 0.5) is 10.5 Å². The number of nitriles is 1. The topological polar surface area (TPSA) is 56.1 Å². The fourth-order valence-corrected chi connectivity index (χ4v) is 3.48. The molecule has 106 valence electrons. The quantitative estimate of drug-likeness (QED) is 0.839. The molecule has 0 aliphatic carbocycles. The van der Waals surface area contributed by atoms with E-state index in [0.717, 1.165) is 0 Å². The van der Waals surface area contributed by atoms with Crippen molar-refractivity contribution < 1.29 is 4.79 Å². The Morgan fingerprint density at radius 2 is 2.20 bits per heavy atom. The van der Waals surface area contributed by atoms with Crippen LogP contribution in [0.1, 0.15) is 13.8 Å². The highest BCUT2D eigenvalue weighted by atomic mass is 35.5. The van der Waals surface area contributed by atoms with Gasteiger partial charge in [0.2, 0.25) is 0 Å². The van der Waals surface area contributed by atoms with E-state index in [2.05, 4.69) is 11.4 Å². The lowest BCUT2D eigenvalue weighted by atomic mass is 10.2. The molecule has 0 aromatic heterocycles. The van der Waals surface area contributed by atoms with Gasteiger partial charge in [-0.05, 0) is 32.0 Å². The molecule has 1 saturated heterocycles. The summed E-state index contributed by atoms with van der Waals surface area (Å²) in [5.74, 6) is 0.609. The maximum absolute atomic E-state index is 12.4. The van der Waals surface area contributed by atoms with Gasteiger partial charge in [-0.15, -0.1) is 11.8 Å². The number of nitrogens with one attached hydrogen (secondary N) is 1. The molecule has 2 rings (SSSR count). The van der Waals surface area contributed by atoms with Crippen LogP contribution in [0.25, 0.3) is 0 Å². The third-order valence-corrected chi connectivity index (χ3v) is 5.15. The summed E-state index contributed by atoms with van der Waals surface area (Å²) in [6, 6.07) is 6.28. The molecule has 1 aliphatic rings. The Kier molecular flexibility index (Phi) is 4.38. The predicted molar refractivity (Wildman–Crippen MR) is 83.3 cm³/mol. The van der Waals surface area contributed by atoms with Gasteiger partial charge >= 0.3 is 6.03 Å². The third-order valence-electron chi connectivity index (χ3n) is 3.02. The Labute approximate surface area is 132 Å². The van der Waals surface area contributed by atoms with E-state index in [1.807, 2.05) is 13.8 Å². The van der Waals surface area contributed by atoms with Crippen molar-refractivity contribution in [3.63, 3.8) is 0 Å². The van der Waals surface area contributed by atoms with Crippen LogP contribution in [0.2, 0.25) is 10.0 Å². The van der Waals surface area contributed by atoms with Crippen LogP contribution in [0.15, 0.2) is 18.2 Å². The number of thioether (sulfide) groups is 1. The fourth-order valence-electron chi connectivity index (χ4n) is 2.04. The summed E-state index contributed by atoms with van der Waals surface area (Å²) in [4.78, 5) is 13.5. The molecule has 0 saturated carbocycles. The molecule has 1 atom stereocenters. The number of nitrogens with zero attached hydrogens (tertiary/aromatic N) is 2. The van der Waals surface area contributed by atoms with Gasteiger partial charge in [0, 0.05) is 11.4 Å². The first kappa shape index (κ1) is 15.3. The Bertz CT molecular complexity index is 585. The molecule has 1 aromatic rings. The number of carbonyl (C=O) groups excluding carboxylic acids is 1. The maximum Gasteiger partial charge on any atom is 0.324 e. The highest BCUT2D eigenvalue weighted by Gasteiger charge is 2.43. The van der Waals surface area contributed by atoms with Crippen molar-refractivity contribution in [3.8, 4) is 6.07 Å². The van der Waals surface area contributed by atoms with E-state index in [4.69, 9.17) is 28.5 Å². The van der Waals surface area contributed by atoms with Crippen LogP contribution >= 0.6 is 35.0 Å². The summed E-state index contributed by atoms with van der Waals surface area (Å²) >= 11 is 13.3. The average molecular weight is 330 g/mol. The van der Waals surface area contributed by atoms with Crippen molar-refractivity contribution in [1.82, 2.24) is 4.90 Å². The Morgan fingerprint density at radius 3 is 2.80 bits per heavy atom. The maximum atomic E-state index is 12.4. The Morgan fingerprint density at radius 1 is 1.50 bits per heavy atom. The lowest BCUT2D eigenvalue weighted by molar-refractivity contribution is 0.185. The van der Waals surface area contributed by atoms with E-state index < -0.39 is 10.9 Å². The first-order chi connectivity index (χ1) is 9.35. The van der Waals surface area contributed by atoms with Crippen LogP contribution in [0.5, 0.6) is 0 Å². The van der Waals surface area contributed by atoms with Gasteiger partial charge in [-0.2, -0.15) is 5.26 Å². The minimum absolute atomic E-state index is 0.315. The van der Waals surface area contributed by atoms with E-state index in [9.17, 15) is 4.79 Å². The van der Waals surface area contributed by atoms with Crippen LogP contribution in [0.3, 0.4) is 0 Å². The Balaban J connectivity index is 2.19. The summed E-state index contributed by atoms with van der Waals surface area (Å²) in [5, 5.41) is 12.7. The number of rotatable bonds is 1. The highest BCUT2D eigenvalue weighted by molar-refractivity contribution is 8.00. The number of halogens is 2. The van der Waals surface area contributed by atoms with Crippen molar-refractivity contribution in [2.75, 3.05) is 11.1 Å². The zero-order valence-electron chi connectivity index (χ0n) is 11.0. The zero-order chi connectivity index (χ0) is 14.9. The largest absolute Gasteiger partial charge is 0.324 e. The van der Waals surface area contributed by atoms with Gasteiger partial charge in [-0.1, -0.05) is 23.2 Å². The first-order valence-corrected chi connectivity index (χ1v) is 7.68. The molecule has 1 N–H and O–H groups in total. The molecule has 1 heterocycles. The van der Waals surface area contributed by atoms with Crippen molar-refractivity contribution >= 4 is 46.7 Å². The summed E-state index contributed by atoms with van der Waals surface area (Å²) in [6.45, 7) is 3.84. The minimum atomic E-state index is -0.433. The molecule has 1 fully saturated rings. The fraction of sp³-hybridized carbons (Fsp3) is 0.385. The number of hydrogen-bond donors (Lipinski definition) is 1. The van der Waals surface area contributed by atoms with E-state index in [1.54, 1.807) is 34.9 Å². The number of hydrogen-bond acceptors (Lipinski definition) is 3. The zero-order valence-corrected chi connectivity index (χ0v) is 13.3. The van der Waals surface area contributed by atoms with Gasteiger partial charge < -0.3 is 5.32 Å². The standard InChI is InChI=1S/C13H13Cl2N3OS/c1-13(2)18(9(6-16)7-20-13)12(19)17-8-3-4-10(14)11(15)5-8/h3-5,9H,7H2,1-2H3,(H,17,19). The van der Waals surface area contributed by atoms with Gasteiger partial charge in [0.15, 0.2) is 0 Å². The van der Waals surface area contributed by atoms with Crippen LogP contribution in [-0.4, -0.2) is 27.6 Å². The number of urea groups is 1. The molecule has 1 aromatic carbocycles. The number of benzene rings is 1. The minimum Gasteiger partial charge on any atom is -0.308 e. The van der Waals surface area contributed by atoms with Gasteiger partial charge in [0.05, 0.1) is 21.0 Å². The molecule has 0 radical (unpaired) electrons. The van der Waals surface area contributed by atoms with Crippen molar-refractivity contribution in [1.29, 1.82) is 5.26 Å². The van der Waals surface area contributed by atoms with Gasteiger partial charge in [-0.25, -0.2) is 4.79 Å². The summed E-state index contributed by atoms with van der Waals surface area (Å²) in [7, 11) is 0. The Hall–Kier alpha value is -1.09. The molecule has 7 heteroatoms. The van der Waals surface area contributed by atoms with Crippen molar-refractivity contribution in [2.24, 2.45) is 0 Å². The molecule has 0 bridgehead atoms. The predicted octanol–water partition coefficient (Wildman–Crippen LogP) is 4.20. The lowest BCUT2D eigenvalue weighted by Crippen LogP contribution is -2.48. The van der Waals surface area contributed by atoms with E-state index in [0.29, 0.717) is 21.5 Å². The second-order valence-electron chi connectivity index (χ2n) is 4.83. The third kappa shape index (κ3) is 2.98. The summed E-state index contributed by atoms with van der Waals surface area (Å²) in [5.41, 5.74) is 0.550. The second-order valence-corrected chi connectivity index (χ2v) is 7.27. The average Bonchev–Trinajstić information content (AvgIpc) is 2.69. The highest BCUT2D eigenvalue weighted by Crippen LogP contribution is 2.39. The molecule has 2 amide bonds. The van der Waals surface area contributed by atoms with Crippen molar-refractivity contribution in [3.05, 3.63) is 28.2 Å². The van der Waals surface area contributed by atoms with E-state index in [1.165, 1.54) is 0 Å². The number of amides is 2. The normalized spacial score (nSPS) is 20.6. The summed E-state index contributed by atoms with van der Waals surface area (Å²) in [6.07, 6.45) is 0. The lowest BCUT2D eigenvalue weighted by Gasteiger charge is -2.32. The summed E-state index contributed by atoms with van der Waals surface area (Å²) < 4.78 is 0. The SMILES string of the molecule is CC1(C)SCC(C#N)N1C(=O)Nc1ccc(Cl)c(Cl)c1. The van der Waals surface area contributed by atoms with Gasteiger partial charge in [-0.3, -0.25) is 4.90 Å². The molecule has 20 heavy (non-hydrogen) atoms. The molecular formula is C13H13Cl2N3OS.